The number of aryl methyl sites for hydroxylation is 2. The molecule has 0 saturated carbocycles. The van der Waals surface area contributed by atoms with Gasteiger partial charge in [-0.1, -0.05) is 0 Å². The Morgan fingerprint density at radius 1 is 1.18 bits per heavy atom. The first-order valence-corrected chi connectivity index (χ1v) is 14.2. The van der Waals surface area contributed by atoms with Gasteiger partial charge in [0, 0.05) is 41.4 Å². The fourth-order valence-corrected chi connectivity index (χ4v) is 6.54. The van der Waals surface area contributed by atoms with E-state index in [1.54, 1.807) is 0 Å². The minimum Gasteiger partial charge on any atom is -0.744 e. The Kier molecular flexibility index (Phi) is 5.99. The van der Waals surface area contributed by atoms with Crippen LogP contribution in [0.5, 0.6) is 11.5 Å². The summed E-state index contributed by atoms with van der Waals surface area (Å²) in [6.45, 7) is 3.85. The van der Waals surface area contributed by atoms with Gasteiger partial charge in [0.15, 0.2) is 0 Å². The number of unbranched alkanes of at least 4 members (excludes halogenated alkanes) is 2. The first kappa shape index (κ1) is 24.6. The lowest BCUT2D eigenvalue weighted by Gasteiger charge is -2.25. The molecule has 0 bridgehead atoms. The van der Waals surface area contributed by atoms with Gasteiger partial charge >= 0.3 is 5.97 Å². The summed E-state index contributed by atoms with van der Waals surface area (Å²) < 4.78 is 45.6. The predicted molar refractivity (Wildman–Crippen MR) is 136 cm³/mol. The quantitative estimate of drug-likeness (QED) is 0.176. The molecule has 0 saturated heterocycles. The summed E-state index contributed by atoms with van der Waals surface area (Å²) >= 11 is 0. The van der Waals surface area contributed by atoms with Crippen LogP contribution in [0.2, 0.25) is 0 Å². The summed E-state index contributed by atoms with van der Waals surface area (Å²) in [5.74, 6) is 1.26. The first-order chi connectivity index (χ1) is 18.2. The fourth-order valence-electron chi connectivity index (χ4n) is 5.83. The summed E-state index contributed by atoms with van der Waals surface area (Å²) in [7, 11) is -4.75. The topological polar surface area (TPSA) is 148 Å². The predicted octanol–water partition coefficient (Wildman–Crippen LogP) is 1.66. The number of H-pyrrole nitrogens is 1. The lowest BCUT2D eigenvalue weighted by molar-refractivity contribution is -0.698. The van der Waals surface area contributed by atoms with Crippen molar-refractivity contribution in [2.75, 3.05) is 18.4 Å². The minimum atomic E-state index is -4.75. The Bertz CT molecular complexity index is 1720. The summed E-state index contributed by atoms with van der Waals surface area (Å²) in [5, 5.41) is 13.8. The lowest BCUT2D eigenvalue weighted by Crippen LogP contribution is -2.38. The van der Waals surface area contributed by atoms with Gasteiger partial charge in [-0.2, -0.15) is 0 Å². The van der Waals surface area contributed by atoms with Crippen molar-refractivity contribution in [3.63, 3.8) is 0 Å². The summed E-state index contributed by atoms with van der Waals surface area (Å²) in [5.41, 5.74) is 4.39. The largest absolute Gasteiger partial charge is 0.744 e. The molecule has 11 heteroatoms. The number of imidazole rings is 1. The molecule has 0 fully saturated rings. The van der Waals surface area contributed by atoms with Gasteiger partial charge in [-0.15, -0.1) is 0 Å². The highest BCUT2D eigenvalue weighted by atomic mass is 32.2. The molecule has 38 heavy (non-hydrogen) atoms. The second-order valence-electron chi connectivity index (χ2n) is 9.95. The third-order valence-corrected chi connectivity index (χ3v) is 8.35. The molecule has 0 aliphatic carbocycles. The highest BCUT2D eigenvalue weighted by molar-refractivity contribution is 7.86. The number of carboxylic acid groups (broad SMARTS) is 1. The van der Waals surface area contributed by atoms with E-state index in [4.69, 9.17) is 9.84 Å². The third-order valence-electron chi connectivity index (χ3n) is 7.49. The SMILES string of the molecule is Cc1cc2c(c3c1=NCC3)Oc1c(cc(S(=O)(=O)[O-])c3c1CCN3)C=2c1[nH]cc[n+]1CCCCCC(=O)O. The molecule has 0 radical (unpaired) electrons. The van der Waals surface area contributed by atoms with E-state index >= 15 is 0 Å². The lowest BCUT2D eigenvalue weighted by atomic mass is 9.92. The maximum absolute atomic E-state index is 12.3. The van der Waals surface area contributed by atoms with Gasteiger partial charge in [-0.05, 0) is 56.7 Å². The number of aromatic nitrogens is 2. The Balaban J connectivity index is 1.57. The molecule has 3 N–H and O–H groups in total. The van der Waals surface area contributed by atoms with Crippen molar-refractivity contribution in [3.05, 3.63) is 63.2 Å². The molecule has 3 aliphatic rings. The number of hydrogen-bond donors (Lipinski definition) is 3. The molecule has 10 nitrogen and oxygen atoms in total. The van der Waals surface area contributed by atoms with E-state index < -0.39 is 16.1 Å². The van der Waals surface area contributed by atoms with E-state index in [9.17, 15) is 17.8 Å². The monoisotopic (exact) mass is 536 g/mol. The van der Waals surface area contributed by atoms with Gasteiger partial charge in [0.1, 0.15) is 34.0 Å². The number of rotatable bonds is 8. The van der Waals surface area contributed by atoms with Crippen LogP contribution in [0.15, 0.2) is 34.4 Å². The zero-order chi connectivity index (χ0) is 26.6. The van der Waals surface area contributed by atoms with Crippen molar-refractivity contribution in [3.8, 4) is 11.5 Å². The van der Waals surface area contributed by atoms with Gasteiger partial charge in [0.25, 0.3) is 5.82 Å². The number of hydrogen-bond acceptors (Lipinski definition) is 7. The molecule has 3 aromatic rings. The zero-order valence-corrected chi connectivity index (χ0v) is 21.8. The average Bonchev–Trinajstić information content (AvgIpc) is 3.62. The molecular formula is C27H28N4O6S. The number of aromatic amines is 1. The number of anilines is 1. The smallest absolute Gasteiger partial charge is 0.303 e. The van der Waals surface area contributed by atoms with Crippen LogP contribution >= 0.6 is 0 Å². The molecule has 6 rings (SSSR count). The third kappa shape index (κ3) is 4.06. The number of benzene rings is 2. The van der Waals surface area contributed by atoms with Crippen molar-refractivity contribution in [1.82, 2.24) is 4.98 Å². The zero-order valence-electron chi connectivity index (χ0n) is 21.0. The van der Waals surface area contributed by atoms with Gasteiger partial charge in [-0.3, -0.25) is 9.79 Å². The standard InChI is InChI=1S/C27H28N4O6S/c1-15-13-18-22(27-30-10-12-31(27)11-4-2-3-5-21(32)33)19-14-20(38(34,35)36)24-17(7-9-29-24)26(19)37-25(18)16-6-8-28-23(15)16/h10,12-14H,2-9,11H2,1H3,(H3,28,29,32,33,34,35,36). The van der Waals surface area contributed by atoms with Crippen molar-refractivity contribution in [2.24, 2.45) is 4.99 Å². The van der Waals surface area contributed by atoms with Gasteiger partial charge in [0.2, 0.25) is 0 Å². The van der Waals surface area contributed by atoms with E-state index in [2.05, 4.69) is 19.9 Å². The number of ether oxygens (including phenoxy) is 1. The van der Waals surface area contributed by atoms with Crippen LogP contribution in [0.4, 0.5) is 5.69 Å². The van der Waals surface area contributed by atoms with Gasteiger partial charge < -0.3 is 19.7 Å². The first-order valence-electron chi connectivity index (χ1n) is 12.8. The molecule has 4 heterocycles. The molecule has 2 aromatic carbocycles. The minimum absolute atomic E-state index is 0.140. The number of nitrogens with one attached hydrogen (secondary N) is 2. The van der Waals surface area contributed by atoms with E-state index in [1.165, 1.54) is 6.07 Å². The van der Waals surface area contributed by atoms with Crippen molar-refractivity contribution < 1.29 is 32.2 Å². The highest BCUT2D eigenvalue weighted by Crippen LogP contribution is 2.46. The highest BCUT2D eigenvalue weighted by Gasteiger charge is 2.35. The number of fused-ring (bicyclic) bond motifs is 6. The maximum Gasteiger partial charge on any atom is 0.303 e. The van der Waals surface area contributed by atoms with Crippen molar-refractivity contribution >= 4 is 27.3 Å². The molecule has 0 unspecified atom stereocenters. The van der Waals surface area contributed by atoms with Crippen molar-refractivity contribution in [2.45, 2.75) is 56.9 Å². The van der Waals surface area contributed by atoms with Crippen LogP contribution in [-0.2, 0) is 34.3 Å². The summed E-state index contributed by atoms with van der Waals surface area (Å²) in [6.07, 6.45) is 7.32. The van der Waals surface area contributed by atoms with Crippen molar-refractivity contribution in [1.29, 1.82) is 0 Å². The number of nitrogens with zero attached hydrogens (tertiary/aromatic N) is 2. The molecule has 0 spiro atoms. The molecule has 1 aromatic heterocycles. The average molecular weight is 537 g/mol. The van der Waals surface area contributed by atoms with Crippen LogP contribution in [0.1, 0.15) is 53.8 Å². The fraction of sp³-hybridized carbons (Fsp3) is 0.370. The second-order valence-corrected chi connectivity index (χ2v) is 11.3. The van der Waals surface area contributed by atoms with E-state index in [0.717, 1.165) is 58.1 Å². The van der Waals surface area contributed by atoms with E-state index in [1.807, 2.05) is 25.4 Å². The van der Waals surface area contributed by atoms with Crippen LogP contribution in [-0.4, -0.2) is 42.1 Å². The summed E-state index contributed by atoms with van der Waals surface area (Å²) in [6, 6.07) is 3.47. The Morgan fingerprint density at radius 3 is 2.82 bits per heavy atom. The number of carboxylic acids is 1. The molecule has 198 valence electrons. The normalized spacial score (nSPS) is 15.2. The number of carbonyl (C=O) groups is 1. The summed E-state index contributed by atoms with van der Waals surface area (Å²) in [4.78, 5) is 18.6. The molecule has 0 atom stereocenters. The molecular weight excluding hydrogens is 508 g/mol. The van der Waals surface area contributed by atoms with Crippen LogP contribution in [0, 0.1) is 6.92 Å². The van der Waals surface area contributed by atoms with Gasteiger partial charge in [0.05, 0.1) is 28.1 Å². The molecule has 3 aliphatic heterocycles. The maximum atomic E-state index is 12.3. The Morgan fingerprint density at radius 2 is 2.03 bits per heavy atom. The molecule has 0 amide bonds. The van der Waals surface area contributed by atoms with E-state index in [0.29, 0.717) is 55.0 Å². The van der Waals surface area contributed by atoms with E-state index in [-0.39, 0.29) is 11.3 Å². The number of aliphatic carboxylic acids is 1. The Hall–Kier alpha value is -3.70. The second kappa shape index (κ2) is 9.25. The van der Waals surface area contributed by atoms with Crippen LogP contribution in [0.3, 0.4) is 0 Å². The van der Waals surface area contributed by atoms with Crippen LogP contribution in [0.25, 0.3) is 5.57 Å². The van der Waals surface area contributed by atoms with Crippen LogP contribution < -0.4 is 25.2 Å². The van der Waals surface area contributed by atoms with Gasteiger partial charge in [-0.25, -0.2) is 18.0 Å². The Labute approximate surface area is 219 Å².